The van der Waals surface area contributed by atoms with Crippen molar-refractivity contribution in [2.75, 3.05) is 25.7 Å². The monoisotopic (exact) mass is 393 g/mol. The van der Waals surface area contributed by atoms with E-state index in [0.717, 1.165) is 22.4 Å². The van der Waals surface area contributed by atoms with Crippen LogP contribution in [0.25, 0.3) is 0 Å². The first-order valence-electron chi connectivity index (χ1n) is 9.47. The molecule has 150 valence electrons. The molecule has 2 aromatic carbocycles. The molecule has 0 radical (unpaired) electrons. The minimum atomic E-state index is -0.445. The molecule has 2 aliphatic rings. The Kier molecular flexibility index (Phi) is 4.78. The number of hydrogen-bond donors (Lipinski definition) is 0. The molecule has 0 aromatic heterocycles. The SMILES string of the molecule is COc1cccc(C2CC(=O)N(c3cc(C)cc(C)c3)C3=C2C(=O)OC3)c1OC. The number of esters is 1. The molecule has 0 aliphatic carbocycles. The molecular formula is C23H23NO5. The third-order valence-corrected chi connectivity index (χ3v) is 5.39. The molecule has 1 amide bonds. The van der Waals surface area contributed by atoms with Crippen LogP contribution < -0.4 is 14.4 Å². The Morgan fingerprint density at radius 3 is 2.41 bits per heavy atom. The van der Waals surface area contributed by atoms with Gasteiger partial charge in [0.1, 0.15) is 6.61 Å². The van der Waals surface area contributed by atoms with Crippen molar-refractivity contribution >= 4 is 17.6 Å². The Morgan fingerprint density at radius 2 is 1.76 bits per heavy atom. The highest BCUT2D eigenvalue weighted by atomic mass is 16.5. The normalized spacial score (nSPS) is 18.6. The number of carbonyl (C=O) groups excluding carboxylic acids is 2. The van der Waals surface area contributed by atoms with Gasteiger partial charge >= 0.3 is 5.97 Å². The summed E-state index contributed by atoms with van der Waals surface area (Å²) in [5, 5.41) is 0. The van der Waals surface area contributed by atoms with Gasteiger partial charge in [-0.25, -0.2) is 4.79 Å². The van der Waals surface area contributed by atoms with Gasteiger partial charge in [0.15, 0.2) is 11.5 Å². The van der Waals surface area contributed by atoms with E-state index in [1.807, 2.05) is 44.2 Å². The molecule has 1 unspecified atom stereocenters. The number of ether oxygens (including phenoxy) is 3. The summed E-state index contributed by atoms with van der Waals surface area (Å²) in [6.45, 7) is 4.05. The molecular weight excluding hydrogens is 370 g/mol. The first-order valence-corrected chi connectivity index (χ1v) is 9.47. The second kappa shape index (κ2) is 7.28. The number of cyclic esters (lactones) is 1. The summed E-state index contributed by atoms with van der Waals surface area (Å²) in [6.07, 6.45) is 0.143. The summed E-state index contributed by atoms with van der Waals surface area (Å²) < 4.78 is 16.3. The lowest BCUT2D eigenvalue weighted by Gasteiger charge is -2.32. The van der Waals surface area contributed by atoms with Crippen LogP contribution in [0.3, 0.4) is 0 Å². The second-order valence-electron chi connectivity index (χ2n) is 7.35. The Labute approximate surface area is 169 Å². The van der Waals surface area contributed by atoms with Gasteiger partial charge in [-0.1, -0.05) is 18.2 Å². The van der Waals surface area contributed by atoms with E-state index < -0.39 is 11.9 Å². The third kappa shape index (κ3) is 3.14. The fraction of sp³-hybridized carbons (Fsp3) is 0.304. The Morgan fingerprint density at radius 1 is 1.03 bits per heavy atom. The summed E-state index contributed by atoms with van der Waals surface area (Å²) >= 11 is 0. The fourth-order valence-corrected chi connectivity index (χ4v) is 4.29. The minimum Gasteiger partial charge on any atom is -0.493 e. The van der Waals surface area contributed by atoms with E-state index in [9.17, 15) is 9.59 Å². The van der Waals surface area contributed by atoms with Crippen molar-refractivity contribution in [2.45, 2.75) is 26.2 Å². The van der Waals surface area contributed by atoms with Crippen LogP contribution in [0, 0.1) is 13.8 Å². The minimum absolute atomic E-state index is 0.0790. The number of methoxy groups -OCH3 is 2. The third-order valence-electron chi connectivity index (χ3n) is 5.39. The summed E-state index contributed by atoms with van der Waals surface area (Å²) in [6, 6.07) is 11.4. The zero-order chi connectivity index (χ0) is 20.7. The van der Waals surface area contributed by atoms with Crippen molar-refractivity contribution in [2.24, 2.45) is 0 Å². The Bertz CT molecular complexity index is 1020. The van der Waals surface area contributed by atoms with E-state index >= 15 is 0 Å². The van der Waals surface area contributed by atoms with Gasteiger partial charge in [0.05, 0.1) is 25.5 Å². The number of hydrogen-bond acceptors (Lipinski definition) is 5. The molecule has 0 N–H and O–H groups in total. The van der Waals surface area contributed by atoms with Gasteiger partial charge in [0, 0.05) is 23.6 Å². The highest BCUT2D eigenvalue weighted by molar-refractivity contribution is 6.06. The topological polar surface area (TPSA) is 65.1 Å². The highest BCUT2D eigenvalue weighted by Crippen LogP contribution is 2.46. The van der Waals surface area contributed by atoms with E-state index in [1.165, 1.54) is 0 Å². The number of rotatable bonds is 4. The number of amides is 1. The smallest absolute Gasteiger partial charge is 0.336 e. The lowest BCUT2D eigenvalue weighted by molar-refractivity contribution is -0.136. The largest absolute Gasteiger partial charge is 0.493 e. The van der Waals surface area contributed by atoms with Crippen LogP contribution in [0.15, 0.2) is 47.7 Å². The average Bonchev–Trinajstić information content (AvgIpc) is 3.07. The quantitative estimate of drug-likeness (QED) is 0.742. The van der Waals surface area contributed by atoms with Crippen LogP contribution in [0.5, 0.6) is 11.5 Å². The first-order chi connectivity index (χ1) is 13.9. The Balaban J connectivity index is 1.88. The molecule has 0 saturated heterocycles. The van der Waals surface area contributed by atoms with Crippen LogP contribution in [-0.4, -0.2) is 32.7 Å². The van der Waals surface area contributed by atoms with Crippen LogP contribution >= 0.6 is 0 Å². The molecule has 2 heterocycles. The van der Waals surface area contributed by atoms with Gasteiger partial charge in [-0.15, -0.1) is 0 Å². The molecule has 1 atom stereocenters. The Hall–Kier alpha value is -3.28. The number of aryl methyl sites for hydroxylation is 2. The summed E-state index contributed by atoms with van der Waals surface area (Å²) in [7, 11) is 3.11. The second-order valence-corrected chi connectivity index (χ2v) is 7.35. The molecule has 0 saturated carbocycles. The van der Waals surface area contributed by atoms with Crippen LogP contribution in [0.2, 0.25) is 0 Å². The van der Waals surface area contributed by atoms with Crippen molar-refractivity contribution in [3.05, 3.63) is 64.4 Å². The van der Waals surface area contributed by atoms with Gasteiger partial charge in [-0.2, -0.15) is 0 Å². The lowest BCUT2D eigenvalue weighted by Crippen LogP contribution is -2.37. The van der Waals surface area contributed by atoms with Gasteiger partial charge in [-0.3, -0.25) is 9.69 Å². The van der Waals surface area contributed by atoms with Crippen LogP contribution in [0.1, 0.15) is 29.0 Å². The molecule has 0 bridgehead atoms. The lowest BCUT2D eigenvalue weighted by atomic mass is 9.83. The molecule has 0 spiro atoms. The first kappa shape index (κ1) is 19.1. The van der Waals surface area contributed by atoms with Crippen molar-refractivity contribution in [1.29, 1.82) is 0 Å². The molecule has 4 rings (SSSR count). The zero-order valence-corrected chi connectivity index (χ0v) is 16.9. The molecule has 6 heteroatoms. The summed E-state index contributed by atoms with van der Waals surface area (Å²) in [5.74, 6) is 0.167. The van der Waals surface area contributed by atoms with E-state index in [1.54, 1.807) is 25.2 Å². The molecule has 0 fully saturated rings. The number of para-hydroxylation sites is 1. The molecule has 6 nitrogen and oxygen atoms in total. The van der Waals surface area contributed by atoms with Gasteiger partial charge in [-0.05, 0) is 43.2 Å². The van der Waals surface area contributed by atoms with Gasteiger partial charge in [0.25, 0.3) is 0 Å². The summed E-state index contributed by atoms with van der Waals surface area (Å²) in [5.41, 5.74) is 4.72. The fourth-order valence-electron chi connectivity index (χ4n) is 4.29. The highest BCUT2D eigenvalue weighted by Gasteiger charge is 2.44. The van der Waals surface area contributed by atoms with Crippen LogP contribution in [-0.2, 0) is 14.3 Å². The van der Waals surface area contributed by atoms with E-state index in [-0.39, 0.29) is 18.9 Å². The van der Waals surface area contributed by atoms with E-state index in [0.29, 0.717) is 22.8 Å². The predicted octanol–water partition coefficient (Wildman–Crippen LogP) is 3.65. The number of anilines is 1. The predicted molar refractivity (Wildman–Crippen MR) is 108 cm³/mol. The molecule has 29 heavy (non-hydrogen) atoms. The van der Waals surface area contributed by atoms with Crippen molar-refractivity contribution in [1.82, 2.24) is 0 Å². The maximum Gasteiger partial charge on any atom is 0.336 e. The zero-order valence-electron chi connectivity index (χ0n) is 16.9. The van der Waals surface area contributed by atoms with Crippen molar-refractivity contribution in [3.8, 4) is 11.5 Å². The van der Waals surface area contributed by atoms with E-state index in [4.69, 9.17) is 14.2 Å². The van der Waals surface area contributed by atoms with Crippen LogP contribution in [0.4, 0.5) is 5.69 Å². The van der Waals surface area contributed by atoms with Gasteiger partial charge < -0.3 is 14.2 Å². The maximum atomic E-state index is 13.3. The molecule has 2 aromatic rings. The van der Waals surface area contributed by atoms with E-state index in [2.05, 4.69) is 0 Å². The number of nitrogens with zero attached hydrogens (tertiary/aromatic N) is 1. The standard InChI is InChI=1S/C23H23NO5/c1-13-8-14(2)10-15(9-13)24-18-12-29-23(26)21(18)17(11-20(24)25)16-6-5-7-19(27-3)22(16)28-4/h5-10,17H,11-12H2,1-4H3. The van der Waals surface area contributed by atoms with Crippen molar-refractivity contribution < 1.29 is 23.8 Å². The maximum absolute atomic E-state index is 13.3. The molecule has 2 aliphatic heterocycles. The van der Waals surface area contributed by atoms with Gasteiger partial charge in [0.2, 0.25) is 5.91 Å². The summed E-state index contributed by atoms with van der Waals surface area (Å²) in [4.78, 5) is 27.6. The number of carbonyl (C=O) groups is 2. The average molecular weight is 393 g/mol. The number of benzene rings is 2. The van der Waals surface area contributed by atoms with Crippen molar-refractivity contribution in [3.63, 3.8) is 0 Å².